The standard InChI is InChI=1S/C15H27N3S/c1-15(2,3)8-13-9-16-14(19-13)17-11-6-7-18(10-11)12-4-5-12/h11-13H,4-10H2,1-3H3,(H,16,17). The summed E-state index contributed by atoms with van der Waals surface area (Å²) >= 11 is 1.97. The van der Waals surface area contributed by atoms with E-state index in [1.54, 1.807) is 0 Å². The van der Waals surface area contributed by atoms with Crippen molar-refractivity contribution in [3.63, 3.8) is 0 Å². The van der Waals surface area contributed by atoms with Gasteiger partial charge in [-0.3, -0.25) is 9.89 Å². The minimum absolute atomic E-state index is 0.415. The van der Waals surface area contributed by atoms with Gasteiger partial charge in [-0.05, 0) is 31.1 Å². The van der Waals surface area contributed by atoms with Crippen LogP contribution in [0.25, 0.3) is 0 Å². The van der Waals surface area contributed by atoms with Gasteiger partial charge in [0.25, 0.3) is 0 Å². The SMILES string of the molecule is CC(C)(C)CC1CN=C(NC2CCN(C3CC3)C2)S1. The van der Waals surface area contributed by atoms with E-state index in [1.165, 1.54) is 43.9 Å². The zero-order valence-electron chi connectivity index (χ0n) is 12.5. The van der Waals surface area contributed by atoms with Crippen molar-refractivity contribution in [2.75, 3.05) is 19.6 Å². The molecule has 19 heavy (non-hydrogen) atoms. The van der Waals surface area contributed by atoms with Gasteiger partial charge in [0.05, 0.1) is 6.54 Å². The highest BCUT2D eigenvalue weighted by Gasteiger charge is 2.35. The van der Waals surface area contributed by atoms with Gasteiger partial charge in [-0.15, -0.1) is 0 Å². The van der Waals surface area contributed by atoms with Crippen molar-refractivity contribution in [3.05, 3.63) is 0 Å². The lowest BCUT2D eigenvalue weighted by Crippen LogP contribution is -2.35. The summed E-state index contributed by atoms with van der Waals surface area (Å²) in [6.07, 6.45) is 5.40. The molecule has 0 aromatic rings. The van der Waals surface area contributed by atoms with E-state index >= 15 is 0 Å². The third-order valence-electron chi connectivity index (χ3n) is 4.17. The molecule has 0 spiro atoms. The Balaban J connectivity index is 1.42. The molecule has 0 aromatic carbocycles. The van der Waals surface area contributed by atoms with Gasteiger partial charge in [-0.1, -0.05) is 32.5 Å². The molecule has 1 saturated carbocycles. The van der Waals surface area contributed by atoms with E-state index in [-0.39, 0.29) is 0 Å². The monoisotopic (exact) mass is 281 g/mol. The second-order valence-corrected chi connectivity index (χ2v) is 8.80. The smallest absolute Gasteiger partial charge is 0.157 e. The van der Waals surface area contributed by atoms with Crippen LogP contribution in [-0.2, 0) is 0 Å². The quantitative estimate of drug-likeness (QED) is 0.862. The molecule has 0 bridgehead atoms. The summed E-state index contributed by atoms with van der Waals surface area (Å²) in [5.74, 6) is 0. The molecule has 1 aliphatic carbocycles. The van der Waals surface area contributed by atoms with Crippen LogP contribution in [0, 0.1) is 5.41 Å². The third kappa shape index (κ3) is 3.88. The number of nitrogens with zero attached hydrogens (tertiary/aromatic N) is 2. The summed E-state index contributed by atoms with van der Waals surface area (Å²) in [5, 5.41) is 5.57. The largest absolute Gasteiger partial charge is 0.361 e. The van der Waals surface area contributed by atoms with Crippen LogP contribution in [0.15, 0.2) is 4.99 Å². The molecule has 1 saturated heterocycles. The van der Waals surface area contributed by atoms with E-state index in [0.717, 1.165) is 12.6 Å². The van der Waals surface area contributed by atoms with E-state index in [1.807, 2.05) is 11.8 Å². The van der Waals surface area contributed by atoms with Crippen LogP contribution in [0.2, 0.25) is 0 Å². The molecule has 2 fully saturated rings. The lowest BCUT2D eigenvalue weighted by Gasteiger charge is -2.22. The first-order chi connectivity index (χ1) is 8.99. The van der Waals surface area contributed by atoms with Gasteiger partial charge in [0.1, 0.15) is 0 Å². The van der Waals surface area contributed by atoms with Crippen molar-refractivity contribution in [1.29, 1.82) is 0 Å². The number of thioether (sulfide) groups is 1. The van der Waals surface area contributed by atoms with Gasteiger partial charge >= 0.3 is 0 Å². The summed E-state index contributed by atoms with van der Waals surface area (Å²) in [5.41, 5.74) is 0.415. The predicted octanol–water partition coefficient (Wildman–Crippen LogP) is 2.72. The molecule has 1 N–H and O–H groups in total. The highest BCUT2D eigenvalue weighted by atomic mass is 32.2. The first-order valence-corrected chi connectivity index (χ1v) is 8.59. The molecule has 3 nitrogen and oxygen atoms in total. The Kier molecular flexibility index (Phi) is 3.82. The maximum absolute atomic E-state index is 4.70. The lowest BCUT2D eigenvalue weighted by molar-refractivity contribution is 0.322. The number of rotatable bonds is 3. The Morgan fingerprint density at radius 1 is 1.32 bits per heavy atom. The number of nitrogens with one attached hydrogen (secondary N) is 1. The van der Waals surface area contributed by atoms with Crippen LogP contribution in [0.1, 0.15) is 46.5 Å². The second-order valence-electron chi connectivity index (χ2n) is 7.51. The Hall–Kier alpha value is -0.220. The van der Waals surface area contributed by atoms with E-state index in [4.69, 9.17) is 4.99 Å². The van der Waals surface area contributed by atoms with Gasteiger partial charge in [-0.25, -0.2) is 0 Å². The van der Waals surface area contributed by atoms with Crippen LogP contribution in [0.4, 0.5) is 0 Å². The molecule has 0 amide bonds. The Bertz CT molecular complexity index is 357. The molecule has 108 valence electrons. The van der Waals surface area contributed by atoms with Crippen LogP contribution >= 0.6 is 11.8 Å². The lowest BCUT2D eigenvalue weighted by atomic mass is 9.90. The predicted molar refractivity (Wildman–Crippen MR) is 83.9 cm³/mol. The molecule has 0 radical (unpaired) electrons. The molecule has 3 aliphatic rings. The summed E-state index contributed by atoms with van der Waals surface area (Å²) in [4.78, 5) is 7.36. The molecule has 2 unspecified atom stereocenters. The molecular formula is C15H27N3S. The molecule has 4 heteroatoms. The highest BCUT2D eigenvalue weighted by molar-refractivity contribution is 8.14. The normalized spacial score (nSPS) is 32.7. The molecule has 3 rings (SSSR count). The van der Waals surface area contributed by atoms with Gasteiger partial charge < -0.3 is 5.32 Å². The average Bonchev–Trinajstić information content (AvgIpc) is 2.91. The fraction of sp³-hybridized carbons (Fsp3) is 0.933. The van der Waals surface area contributed by atoms with Gasteiger partial charge in [0, 0.05) is 30.4 Å². The minimum atomic E-state index is 0.415. The number of amidine groups is 1. The van der Waals surface area contributed by atoms with Crippen molar-refractivity contribution in [1.82, 2.24) is 10.2 Å². The highest BCUT2D eigenvalue weighted by Crippen LogP contribution is 2.33. The van der Waals surface area contributed by atoms with E-state index in [0.29, 0.717) is 16.7 Å². The van der Waals surface area contributed by atoms with E-state index < -0.39 is 0 Å². The summed E-state index contributed by atoms with van der Waals surface area (Å²) in [6, 6.07) is 1.55. The van der Waals surface area contributed by atoms with Crippen LogP contribution in [-0.4, -0.2) is 47.0 Å². The van der Waals surface area contributed by atoms with Gasteiger partial charge in [-0.2, -0.15) is 0 Å². The number of hydrogen-bond donors (Lipinski definition) is 1. The molecule has 2 aliphatic heterocycles. The zero-order chi connectivity index (χ0) is 13.5. The first kappa shape index (κ1) is 13.7. The molecular weight excluding hydrogens is 254 g/mol. The number of hydrogen-bond acceptors (Lipinski definition) is 4. The summed E-state index contributed by atoms with van der Waals surface area (Å²) in [6.45, 7) is 10.5. The van der Waals surface area contributed by atoms with Crippen LogP contribution in [0.3, 0.4) is 0 Å². The minimum Gasteiger partial charge on any atom is -0.361 e. The van der Waals surface area contributed by atoms with Crippen LogP contribution < -0.4 is 5.32 Å². The molecule has 2 atom stereocenters. The van der Waals surface area contributed by atoms with Crippen LogP contribution in [0.5, 0.6) is 0 Å². The first-order valence-electron chi connectivity index (χ1n) is 7.71. The second kappa shape index (κ2) is 5.28. The fourth-order valence-corrected chi connectivity index (χ4v) is 4.57. The van der Waals surface area contributed by atoms with Crippen molar-refractivity contribution in [2.24, 2.45) is 10.4 Å². The number of likely N-dealkylation sites (tertiary alicyclic amines) is 1. The van der Waals surface area contributed by atoms with Gasteiger partial charge in [0.15, 0.2) is 5.17 Å². The third-order valence-corrected chi connectivity index (χ3v) is 5.29. The summed E-state index contributed by atoms with van der Waals surface area (Å²) < 4.78 is 0. The maximum atomic E-state index is 4.70. The Labute approximate surface area is 121 Å². The Morgan fingerprint density at radius 3 is 2.79 bits per heavy atom. The van der Waals surface area contributed by atoms with Crippen molar-refractivity contribution in [3.8, 4) is 0 Å². The zero-order valence-corrected chi connectivity index (χ0v) is 13.3. The van der Waals surface area contributed by atoms with Gasteiger partial charge in [0.2, 0.25) is 0 Å². The van der Waals surface area contributed by atoms with Crippen molar-refractivity contribution in [2.45, 2.75) is 63.8 Å². The van der Waals surface area contributed by atoms with Crippen molar-refractivity contribution < 1.29 is 0 Å². The van der Waals surface area contributed by atoms with E-state index in [9.17, 15) is 0 Å². The molecule has 2 heterocycles. The van der Waals surface area contributed by atoms with Crippen molar-refractivity contribution >= 4 is 16.9 Å². The average molecular weight is 281 g/mol. The topological polar surface area (TPSA) is 27.6 Å². The van der Waals surface area contributed by atoms with E-state index in [2.05, 4.69) is 31.0 Å². The maximum Gasteiger partial charge on any atom is 0.157 e. The fourth-order valence-electron chi connectivity index (χ4n) is 3.14. The molecule has 0 aromatic heterocycles. The number of aliphatic imine (C=N–C) groups is 1. The Morgan fingerprint density at radius 2 is 2.11 bits per heavy atom. The summed E-state index contributed by atoms with van der Waals surface area (Å²) in [7, 11) is 0.